The van der Waals surface area contributed by atoms with Crippen LogP contribution in [0.25, 0.3) is 0 Å². The van der Waals surface area contributed by atoms with E-state index in [0.29, 0.717) is 17.2 Å². The van der Waals surface area contributed by atoms with Gasteiger partial charge in [-0.2, -0.15) is 11.3 Å². The molecule has 0 aliphatic carbocycles. The van der Waals surface area contributed by atoms with Gasteiger partial charge in [-0.05, 0) is 72.4 Å². The Morgan fingerprint density at radius 1 is 1.33 bits per heavy atom. The fraction of sp³-hybridized carbons (Fsp3) is 0.421. The van der Waals surface area contributed by atoms with E-state index in [2.05, 4.69) is 27.0 Å². The maximum Gasteiger partial charge on any atom is 0.251 e. The first-order chi connectivity index (χ1) is 11.7. The Balaban J connectivity index is 1.42. The number of carbonyl (C=O) groups is 1. The lowest BCUT2D eigenvalue weighted by molar-refractivity contribution is 0.0935. The van der Waals surface area contributed by atoms with Gasteiger partial charge in [-0.3, -0.25) is 9.69 Å². The zero-order valence-corrected chi connectivity index (χ0v) is 14.8. The first-order valence-electron chi connectivity index (χ1n) is 8.40. The Bertz CT molecular complexity index is 649. The van der Waals surface area contributed by atoms with Crippen molar-refractivity contribution in [3.63, 3.8) is 0 Å². The van der Waals surface area contributed by atoms with Crippen LogP contribution >= 0.6 is 11.3 Å². The Morgan fingerprint density at radius 3 is 2.88 bits per heavy atom. The second kappa shape index (κ2) is 8.31. The van der Waals surface area contributed by atoms with Crippen molar-refractivity contribution in [3.05, 3.63) is 52.2 Å². The SMILES string of the molecule is COc1cccc(C(=O)NCC2CCN(Cc3ccsc3)CC2)c1. The Labute approximate surface area is 147 Å². The average molecular weight is 344 g/mol. The van der Waals surface area contributed by atoms with Crippen molar-refractivity contribution in [3.8, 4) is 5.75 Å². The molecule has 128 valence electrons. The first kappa shape index (κ1) is 17.0. The average Bonchev–Trinajstić information content (AvgIpc) is 3.14. The lowest BCUT2D eigenvalue weighted by atomic mass is 9.96. The Hall–Kier alpha value is -1.85. The number of ether oxygens (including phenoxy) is 1. The number of nitrogens with one attached hydrogen (secondary N) is 1. The summed E-state index contributed by atoms with van der Waals surface area (Å²) in [7, 11) is 1.61. The van der Waals surface area contributed by atoms with Gasteiger partial charge in [0, 0.05) is 18.7 Å². The molecule has 3 rings (SSSR count). The van der Waals surface area contributed by atoms with Crippen LogP contribution in [0.3, 0.4) is 0 Å². The molecule has 1 aromatic carbocycles. The molecule has 24 heavy (non-hydrogen) atoms. The minimum Gasteiger partial charge on any atom is -0.497 e. The minimum absolute atomic E-state index is 0.0189. The van der Waals surface area contributed by atoms with Crippen molar-refractivity contribution < 1.29 is 9.53 Å². The van der Waals surface area contributed by atoms with Crippen LogP contribution < -0.4 is 10.1 Å². The van der Waals surface area contributed by atoms with E-state index in [1.807, 2.05) is 18.2 Å². The van der Waals surface area contributed by atoms with E-state index in [-0.39, 0.29) is 5.91 Å². The van der Waals surface area contributed by atoms with Crippen LogP contribution in [0.5, 0.6) is 5.75 Å². The topological polar surface area (TPSA) is 41.6 Å². The summed E-state index contributed by atoms with van der Waals surface area (Å²) in [5.74, 6) is 1.26. The van der Waals surface area contributed by atoms with Gasteiger partial charge in [-0.15, -0.1) is 0 Å². The van der Waals surface area contributed by atoms with Crippen LogP contribution in [-0.2, 0) is 6.54 Å². The number of methoxy groups -OCH3 is 1. The number of likely N-dealkylation sites (tertiary alicyclic amines) is 1. The number of benzene rings is 1. The van der Waals surface area contributed by atoms with Gasteiger partial charge in [-0.1, -0.05) is 6.07 Å². The summed E-state index contributed by atoms with van der Waals surface area (Å²) in [6, 6.07) is 9.49. The molecule has 2 heterocycles. The maximum absolute atomic E-state index is 12.3. The van der Waals surface area contributed by atoms with Crippen molar-refractivity contribution in [2.24, 2.45) is 5.92 Å². The maximum atomic E-state index is 12.3. The third-order valence-electron chi connectivity index (χ3n) is 4.58. The summed E-state index contributed by atoms with van der Waals surface area (Å²) in [6.07, 6.45) is 2.28. The molecule has 2 aromatic rings. The quantitative estimate of drug-likeness (QED) is 0.873. The molecule has 1 fully saturated rings. The highest BCUT2D eigenvalue weighted by molar-refractivity contribution is 7.07. The van der Waals surface area contributed by atoms with E-state index in [1.54, 1.807) is 24.5 Å². The number of amides is 1. The molecule has 0 atom stereocenters. The van der Waals surface area contributed by atoms with Gasteiger partial charge in [0.25, 0.3) is 5.91 Å². The second-order valence-electron chi connectivity index (χ2n) is 6.29. The van der Waals surface area contributed by atoms with Crippen LogP contribution in [0.2, 0.25) is 0 Å². The van der Waals surface area contributed by atoms with Gasteiger partial charge in [0.15, 0.2) is 0 Å². The number of thiophene rings is 1. The van der Waals surface area contributed by atoms with E-state index < -0.39 is 0 Å². The fourth-order valence-corrected chi connectivity index (χ4v) is 3.75. The molecule has 1 amide bonds. The standard InChI is InChI=1S/C19H24N2O2S/c1-23-18-4-2-3-17(11-18)19(22)20-12-15-5-8-21(9-6-15)13-16-7-10-24-14-16/h2-4,7,10-11,14-15H,5-6,8-9,12-13H2,1H3,(H,20,22). The van der Waals surface area contributed by atoms with Crippen molar-refractivity contribution in [2.45, 2.75) is 19.4 Å². The normalized spacial score (nSPS) is 16.0. The van der Waals surface area contributed by atoms with Crippen molar-refractivity contribution >= 4 is 17.2 Å². The number of nitrogens with zero attached hydrogens (tertiary/aromatic N) is 1. The van der Waals surface area contributed by atoms with E-state index >= 15 is 0 Å². The highest BCUT2D eigenvalue weighted by atomic mass is 32.1. The number of hydrogen-bond donors (Lipinski definition) is 1. The molecule has 0 unspecified atom stereocenters. The van der Waals surface area contributed by atoms with Crippen LogP contribution in [0.1, 0.15) is 28.8 Å². The van der Waals surface area contributed by atoms with Crippen LogP contribution in [0, 0.1) is 5.92 Å². The van der Waals surface area contributed by atoms with E-state index in [9.17, 15) is 4.79 Å². The fourth-order valence-electron chi connectivity index (χ4n) is 3.09. The number of rotatable bonds is 6. The molecule has 1 saturated heterocycles. The number of piperidine rings is 1. The highest BCUT2D eigenvalue weighted by Crippen LogP contribution is 2.19. The lowest BCUT2D eigenvalue weighted by Gasteiger charge is -2.31. The minimum atomic E-state index is -0.0189. The van der Waals surface area contributed by atoms with E-state index in [0.717, 1.165) is 39.0 Å². The summed E-state index contributed by atoms with van der Waals surface area (Å²) < 4.78 is 5.17. The van der Waals surface area contributed by atoms with Gasteiger partial charge in [0.1, 0.15) is 5.75 Å². The Kier molecular flexibility index (Phi) is 5.88. The smallest absolute Gasteiger partial charge is 0.251 e. The molecular formula is C19H24N2O2S. The van der Waals surface area contributed by atoms with Crippen molar-refractivity contribution in [2.75, 3.05) is 26.7 Å². The van der Waals surface area contributed by atoms with Gasteiger partial charge in [-0.25, -0.2) is 0 Å². The second-order valence-corrected chi connectivity index (χ2v) is 7.07. The number of hydrogen-bond acceptors (Lipinski definition) is 4. The van der Waals surface area contributed by atoms with Crippen LogP contribution in [0.4, 0.5) is 0 Å². The molecule has 1 N–H and O–H groups in total. The van der Waals surface area contributed by atoms with E-state index in [1.165, 1.54) is 5.56 Å². The lowest BCUT2D eigenvalue weighted by Crippen LogP contribution is -2.38. The third-order valence-corrected chi connectivity index (χ3v) is 5.31. The zero-order valence-electron chi connectivity index (χ0n) is 14.0. The monoisotopic (exact) mass is 344 g/mol. The largest absolute Gasteiger partial charge is 0.497 e. The summed E-state index contributed by atoms with van der Waals surface area (Å²) in [5.41, 5.74) is 2.06. The molecule has 1 aliphatic heterocycles. The van der Waals surface area contributed by atoms with Gasteiger partial charge in [0.05, 0.1) is 7.11 Å². The molecule has 0 radical (unpaired) electrons. The predicted molar refractivity (Wildman–Crippen MR) is 97.6 cm³/mol. The molecule has 0 saturated carbocycles. The van der Waals surface area contributed by atoms with Crippen LogP contribution in [0.15, 0.2) is 41.1 Å². The molecule has 0 bridgehead atoms. The van der Waals surface area contributed by atoms with Gasteiger partial charge < -0.3 is 10.1 Å². The highest BCUT2D eigenvalue weighted by Gasteiger charge is 2.20. The zero-order chi connectivity index (χ0) is 16.8. The first-order valence-corrected chi connectivity index (χ1v) is 9.34. The molecule has 0 spiro atoms. The Morgan fingerprint density at radius 2 is 2.17 bits per heavy atom. The van der Waals surface area contributed by atoms with Gasteiger partial charge >= 0.3 is 0 Å². The van der Waals surface area contributed by atoms with Crippen molar-refractivity contribution in [1.29, 1.82) is 0 Å². The summed E-state index contributed by atoms with van der Waals surface area (Å²) in [4.78, 5) is 14.8. The summed E-state index contributed by atoms with van der Waals surface area (Å²) in [6.45, 7) is 4.01. The molecule has 1 aromatic heterocycles. The summed E-state index contributed by atoms with van der Waals surface area (Å²) in [5, 5.41) is 7.43. The third kappa shape index (κ3) is 4.58. The summed E-state index contributed by atoms with van der Waals surface area (Å²) >= 11 is 1.76. The number of carbonyl (C=O) groups excluding carboxylic acids is 1. The van der Waals surface area contributed by atoms with Gasteiger partial charge in [0.2, 0.25) is 0 Å². The van der Waals surface area contributed by atoms with Crippen LogP contribution in [-0.4, -0.2) is 37.6 Å². The molecule has 1 aliphatic rings. The molecule has 4 nitrogen and oxygen atoms in total. The predicted octanol–water partition coefficient (Wildman–Crippen LogP) is 3.40. The van der Waals surface area contributed by atoms with Crippen molar-refractivity contribution in [1.82, 2.24) is 10.2 Å². The molecular weight excluding hydrogens is 320 g/mol. The molecule has 5 heteroatoms. The van der Waals surface area contributed by atoms with E-state index in [4.69, 9.17) is 4.74 Å².